The molecule has 144 valence electrons. The summed E-state index contributed by atoms with van der Waals surface area (Å²) in [4.78, 5) is 13.5. The average molecular weight is 393 g/mol. The van der Waals surface area contributed by atoms with E-state index in [1.807, 2.05) is 18.2 Å². The predicted octanol–water partition coefficient (Wildman–Crippen LogP) is 5.68. The van der Waals surface area contributed by atoms with Crippen LogP contribution in [-0.2, 0) is 14.0 Å². The quantitative estimate of drug-likeness (QED) is 0.340. The minimum absolute atomic E-state index is 0.00823. The van der Waals surface area contributed by atoms with Crippen LogP contribution in [0.4, 0.5) is 0 Å². The Morgan fingerprint density at radius 1 is 1.19 bits per heavy atom. The standard InChI is InChI=1S/C21H32O3SSi/c1-21(2,3)26(5,6)24-19-15-16(22)14-18(19)20(12-13-23-4)25-17-10-8-7-9-11-17/h7-13,18-20H,14-15H2,1-6H3. The van der Waals surface area contributed by atoms with Gasteiger partial charge in [-0.15, -0.1) is 11.8 Å². The maximum atomic E-state index is 12.3. The first-order valence-electron chi connectivity index (χ1n) is 9.25. The Bertz CT molecular complexity index is 622. The van der Waals surface area contributed by atoms with Crippen molar-refractivity contribution < 1.29 is 14.0 Å². The van der Waals surface area contributed by atoms with Crippen LogP contribution in [0.1, 0.15) is 33.6 Å². The van der Waals surface area contributed by atoms with Gasteiger partial charge in [0.2, 0.25) is 0 Å². The number of hydrogen-bond donors (Lipinski definition) is 0. The van der Waals surface area contributed by atoms with Crippen LogP contribution >= 0.6 is 11.8 Å². The summed E-state index contributed by atoms with van der Waals surface area (Å²) in [5.74, 6) is 0.483. The maximum absolute atomic E-state index is 12.3. The molecule has 3 nitrogen and oxygen atoms in total. The summed E-state index contributed by atoms with van der Waals surface area (Å²) in [6.07, 6.45) is 4.91. The zero-order valence-electron chi connectivity index (χ0n) is 16.8. The lowest BCUT2D eigenvalue weighted by atomic mass is 10.0. The molecule has 0 radical (unpaired) electrons. The molecule has 0 aliphatic heterocycles. The predicted molar refractivity (Wildman–Crippen MR) is 112 cm³/mol. The molecule has 1 fully saturated rings. The highest BCUT2D eigenvalue weighted by Gasteiger charge is 2.45. The molecule has 3 unspecified atom stereocenters. The van der Waals surface area contributed by atoms with Crippen molar-refractivity contribution in [3.05, 3.63) is 42.7 Å². The van der Waals surface area contributed by atoms with E-state index in [0.717, 1.165) is 0 Å². The minimum atomic E-state index is -1.93. The number of ether oxygens (including phenoxy) is 1. The van der Waals surface area contributed by atoms with Crippen molar-refractivity contribution in [2.75, 3.05) is 7.11 Å². The van der Waals surface area contributed by atoms with E-state index in [0.29, 0.717) is 18.6 Å². The maximum Gasteiger partial charge on any atom is 0.192 e. The number of carbonyl (C=O) groups excluding carboxylic acids is 1. The summed E-state index contributed by atoms with van der Waals surface area (Å²) in [6.45, 7) is 11.2. The second-order valence-electron chi connectivity index (χ2n) is 8.49. The van der Waals surface area contributed by atoms with Crippen LogP contribution in [0.15, 0.2) is 47.6 Å². The molecule has 0 heterocycles. The van der Waals surface area contributed by atoms with Gasteiger partial charge in [0.1, 0.15) is 5.78 Å². The smallest absolute Gasteiger partial charge is 0.192 e. The number of benzene rings is 1. The average Bonchev–Trinajstić information content (AvgIpc) is 2.91. The van der Waals surface area contributed by atoms with E-state index in [9.17, 15) is 4.79 Å². The largest absolute Gasteiger partial charge is 0.505 e. The Morgan fingerprint density at radius 2 is 1.85 bits per heavy atom. The number of thioether (sulfide) groups is 1. The van der Waals surface area contributed by atoms with Gasteiger partial charge in [-0.05, 0) is 36.3 Å². The number of methoxy groups -OCH3 is 1. The van der Waals surface area contributed by atoms with Crippen molar-refractivity contribution in [2.24, 2.45) is 5.92 Å². The van der Waals surface area contributed by atoms with Crippen LogP contribution in [0.5, 0.6) is 0 Å². The first kappa shape index (κ1) is 21.3. The number of rotatable bonds is 7. The van der Waals surface area contributed by atoms with Gasteiger partial charge in [0.15, 0.2) is 8.32 Å². The zero-order chi connectivity index (χ0) is 19.4. The molecule has 0 N–H and O–H groups in total. The van der Waals surface area contributed by atoms with Gasteiger partial charge in [-0.25, -0.2) is 0 Å². The van der Waals surface area contributed by atoms with E-state index in [2.05, 4.69) is 52.1 Å². The molecule has 0 amide bonds. The highest BCUT2D eigenvalue weighted by atomic mass is 32.2. The molecule has 1 aromatic rings. The number of carbonyl (C=O) groups is 1. The van der Waals surface area contributed by atoms with Crippen LogP contribution in [0.25, 0.3) is 0 Å². The minimum Gasteiger partial charge on any atom is -0.505 e. The Hall–Kier alpha value is -1.04. The molecule has 26 heavy (non-hydrogen) atoms. The van der Waals surface area contributed by atoms with Crippen LogP contribution in [0.3, 0.4) is 0 Å². The number of hydrogen-bond acceptors (Lipinski definition) is 4. The van der Waals surface area contributed by atoms with Gasteiger partial charge in [-0.1, -0.05) is 39.0 Å². The summed E-state index contributed by atoms with van der Waals surface area (Å²) in [5.41, 5.74) is 0. The third-order valence-corrected chi connectivity index (χ3v) is 11.3. The molecule has 1 saturated carbocycles. The molecule has 2 rings (SSSR count). The molecule has 1 aliphatic carbocycles. The Labute approximate surface area is 163 Å². The lowest BCUT2D eigenvalue weighted by Crippen LogP contribution is -2.45. The fourth-order valence-electron chi connectivity index (χ4n) is 2.95. The molecule has 5 heteroatoms. The topological polar surface area (TPSA) is 35.5 Å². The van der Waals surface area contributed by atoms with Gasteiger partial charge < -0.3 is 9.16 Å². The molecule has 1 aliphatic rings. The number of Topliss-reactive ketones (excluding diaryl/α,β-unsaturated/α-hetero) is 1. The Morgan fingerprint density at radius 3 is 2.42 bits per heavy atom. The summed E-state index contributed by atoms with van der Waals surface area (Å²) in [5, 5.41) is 0.284. The van der Waals surface area contributed by atoms with Gasteiger partial charge in [0.05, 0.1) is 19.5 Å². The first-order chi connectivity index (χ1) is 12.1. The van der Waals surface area contributed by atoms with Crippen LogP contribution < -0.4 is 0 Å². The normalized spacial score (nSPS) is 22.8. The Balaban J connectivity index is 2.23. The van der Waals surface area contributed by atoms with E-state index in [1.165, 1.54) is 4.90 Å². The van der Waals surface area contributed by atoms with Crippen LogP contribution in [0.2, 0.25) is 18.1 Å². The zero-order valence-corrected chi connectivity index (χ0v) is 18.6. The SMILES string of the molecule is COC=CC(Sc1ccccc1)C1CC(=O)CC1O[Si](C)(C)C(C)(C)C. The van der Waals surface area contributed by atoms with Gasteiger partial charge in [0.25, 0.3) is 0 Å². The van der Waals surface area contributed by atoms with E-state index in [-0.39, 0.29) is 22.3 Å². The molecular weight excluding hydrogens is 360 g/mol. The Kier molecular flexibility index (Phi) is 7.17. The van der Waals surface area contributed by atoms with E-state index >= 15 is 0 Å². The highest BCUT2D eigenvalue weighted by molar-refractivity contribution is 8.00. The van der Waals surface area contributed by atoms with Gasteiger partial charge in [-0.3, -0.25) is 4.79 Å². The summed E-state index contributed by atoms with van der Waals surface area (Å²) >= 11 is 1.78. The summed E-state index contributed by atoms with van der Waals surface area (Å²) < 4.78 is 11.9. The van der Waals surface area contributed by atoms with Gasteiger partial charge in [-0.2, -0.15) is 0 Å². The second kappa shape index (κ2) is 8.76. The fourth-order valence-corrected chi connectivity index (χ4v) is 5.53. The number of ketones is 1. The lowest BCUT2D eigenvalue weighted by molar-refractivity contribution is -0.117. The summed E-state index contributed by atoms with van der Waals surface area (Å²) in [7, 11) is -0.270. The van der Waals surface area contributed by atoms with Crippen LogP contribution in [0, 0.1) is 5.92 Å². The van der Waals surface area contributed by atoms with Crippen molar-refractivity contribution >= 4 is 25.9 Å². The highest BCUT2D eigenvalue weighted by Crippen LogP contribution is 2.43. The first-order valence-corrected chi connectivity index (χ1v) is 13.0. The fraction of sp³-hybridized carbons (Fsp3) is 0.571. The van der Waals surface area contributed by atoms with Crippen molar-refractivity contribution in [3.63, 3.8) is 0 Å². The molecule has 1 aromatic carbocycles. The molecule has 0 saturated heterocycles. The van der Waals surface area contributed by atoms with Crippen molar-refractivity contribution in [2.45, 2.75) is 68.0 Å². The lowest BCUT2D eigenvalue weighted by Gasteiger charge is -2.40. The molecule has 0 aromatic heterocycles. The summed E-state index contributed by atoms with van der Waals surface area (Å²) in [6, 6.07) is 10.3. The molecule has 3 atom stereocenters. The second-order valence-corrected chi connectivity index (χ2v) is 14.5. The van der Waals surface area contributed by atoms with E-state index in [4.69, 9.17) is 9.16 Å². The van der Waals surface area contributed by atoms with Crippen molar-refractivity contribution in [1.82, 2.24) is 0 Å². The third-order valence-electron chi connectivity index (χ3n) is 5.46. The van der Waals surface area contributed by atoms with Crippen molar-refractivity contribution in [1.29, 1.82) is 0 Å². The van der Waals surface area contributed by atoms with Crippen molar-refractivity contribution in [3.8, 4) is 0 Å². The third kappa shape index (κ3) is 5.48. The molecule has 0 bridgehead atoms. The van der Waals surface area contributed by atoms with E-state index < -0.39 is 8.32 Å². The monoisotopic (exact) mass is 392 g/mol. The van der Waals surface area contributed by atoms with Gasteiger partial charge in [0, 0.05) is 28.9 Å². The van der Waals surface area contributed by atoms with E-state index in [1.54, 1.807) is 25.1 Å². The molecular formula is C21H32O3SSi. The van der Waals surface area contributed by atoms with Crippen LogP contribution in [-0.4, -0.2) is 32.6 Å². The molecule has 0 spiro atoms. The van der Waals surface area contributed by atoms with Gasteiger partial charge >= 0.3 is 0 Å².